The summed E-state index contributed by atoms with van der Waals surface area (Å²) in [6, 6.07) is 0. The molecule has 4 atom stereocenters. The van der Waals surface area contributed by atoms with Crippen molar-refractivity contribution < 1.29 is 34.3 Å². The first-order valence-electron chi connectivity index (χ1n) is 7.93. The zero-order chi connectivity index (χ0) is 18.3. The van der Waals surface area contributed by atoms with Gasteiger partial charge < -0.3 is 29.5 Å². The van der Waals surface area contributed by atoms with E-state index < -0.39 is 30.3 Å². The lowest BCUT2D eigenvalue weighted by Gasteiger charge is -2.29. The second kappa shape index (κ2) is 9.29. The van der Waals surface area contributed by atoms with Gasteiger partial charge in [0.1, 0.15) is 11.7 Å². The fourth-order valence-corrected chi connectivity index (χ4v) is 2.65. The van der Waals surface area contributed by atoms with Gasteiger partial charge in [0.15, 0.2) is 12.6 Å². The van der Waals surface area contributed by atoms with Gasteiger partial charge in [-0.2, -0.15) is 0 Å². The molecule has 1 fully saturated rings. The maximum Gasteiger partial charge on any atom is 0.330 e. The van der Waals surface area contributed by atoms with Gasteiger partial charge in [-0.3, -0.25) is 0 Å². The molecular formula is C17H28O7. The summed E-state index contributed by atoms with van der Waals surface area (Å²) in [6.07, 6.45) is 2.74. The van der Waals surface area contributed by atoms with Crippen LogP contribution in [0.3, 0.4) is 0 Å². The van der Waals surface area contributed by atoms with Crippen LogP contribution in [-0.4, -0.2) is 59.8 Å². The van der Waals surface area contributed by atoms with E-state index in [1.165, 1.54) is 14.2 Å². The Hall–Kier alpha value is -1.25. The first kappa shape index (κ1) is 20.8. The molecule has 0 aromatic carbocycles. The molecule has 138 valence electrons. The summed E-state index contributed by atoms with van der Waals surface area (Å²) in [5.74, 6) is -0.910. The molecule has 1 rings (SSSR count). The standard InChI is InChI=1S/C17H28O7/c1-11(7-5-9-12(2)14(19)20)8-6-10-17(21)13(18)15(22-3)24-16(17)23-4/h8-9,13,15-16,18,21H,5-7,10H2,1-4H3,(H,19,20)/b11-8+,12-9+/t13-,15-,16+,17+/m1/s1. The van der Waals surface area contributed by atoms with E-state index in [-0.39, 0.29) is 6.42 Å². The number of carbonyl (C=O) groups is 1. The van der Waals surface area contributed by atoms with Crippen LogP contribution in [0.2, 0.25) is 0 Å². The van der Waals surface area contributed by atoms with E-state index in [0.717, 1.165) is 12.0 Å². The lowest BCUT2D eigenvalue weighted by atomic mass is 9.91. The Labute approximate surface area is 142 Å². The Balaban J connectivity index is 2.55. The van der Waals surface area contributed by atoms with Crippen molar-refractivity contribution in [2.24, 2.45) is 0 Å². The van der Waals surface area contributed by atoms with Crippen molar-refractivity contribution in [2.45, 2.75) is 63.8 Å². The molecule has 0 aliphatic carbocycles. The number of aliphatic hydroxyl groups excluding tert-OH is 1. The Morgan fingerprint density at radius 3 is 2.42 bits per heavy atom. The highest BCUT2D eigenvalue weighted by atomic mass is 16.8. The zero-order valence-electron chi connectivity index (χ0n) is 14.7. The van der Waals surface area contributed by atoms with Crippen LogP contribution in [0.15, 0.2) is 23.3 Å². The average Bonchev–Trinajstić information content (AvgIpc) is 2.78. The van der Waals surface area contributed by atoms with Crippen molar-refractivity contribution in [3.05, 3.63) is 23.3 Å². The highest BCUT2D eigenvalue weighted by Crippen LogP contribution is 2.35. The number of methoxy groups -OCH3 is 2. The molecule has 1 heterocycles. The largest absolute Gasteiger partial charge is 0.478 e. The Bertz CT molecular complexity index is 481. The molecule has 0 aromatic heterocycles. The van der Waals surface area contributed by atoms with E-state index in [2.05, 4.69) is 0 Å². The second-order valence-corrected chi connectivity index (χ2v) is 6.06. The maximum absolute atomic E-state index is 10.7. The normalized spacial score (nSPS) is 31.5. The van der Waals surface area contributed by atoms with Gasteiger partial charge >= 0.3 is 5.97 Å². The Morgan fingerprint density at radius 1 is 1.21 bits per heavy atom. The van der Waals surface area contributed by atoms with E-state index in [1.54, 1.807) is 13.0 Å². The van der Waals surface area contributed by atoms with Crippen molar-refractivity contribution in [3.8, 4) is 0 Å². The Morgan fingerprint density at radius 2 is 1.88 bits per heavy atom. The van der Waals surface area contributed by atoms with Gasteiger partial charge in [-0.15, -0.1) is 0 Å². The number of carboxylic acids is 1. The van der Waals surface area contributed by atoms with Crippen molar-refractivity contribution >= 4 is 5.97 Å². The highest BCUT2D eigenvalue weighted by molar-refractivity contribution is 5.85. The van der Waals surface area contributed by atoms with Gasteiger partial charge in [0.25, 0.3) is 0 Å². The summed E-state index contributed by atoms with van der Waals surface area (Å²) in [7, 11) is 2.79. The smallest absolute Gasteiger partial charge is 0.330 e. The molecule has 7 nitrogen and oxygen atoms in total. The minimum atomic E-state index is -1.54. The molecule has 0 spiro atoms. The number of carboxylic acid groups (broad SMARTS) is 1. The average molecular weight is 344 g/mol. The van der Waals surface area contributed by atoms with Crippen LogP contribution in [0.5, 0.6) is 0 Å². The molecule has 0 aromatic rings. The molecule has 0 unspecified atom stereocenters. The maximum atomic E-state index is 10.7. The van der Waals surface area contributed by atoms with Crippen LogP contribution in [0.1, 0.15) is 39.5 Å². The van der Waals surface area contributed by atoms with Gasteiger partial charge in [-0.1, -0.05) is 17.7 Å². The summed E-state index contributed by atoms with van der Waals surface area (Å²) in [5, 5.41) is 29.6. The number of hydrogen-bond acceptors (Lipinski definition) is 6. The molecule has 24 heavy (non-hydrogen) atoms. The van der Waals surface area contributed by atoms with Crippen LogP contribution in [0.25, 0.3) is 0 Å². The predicted octanol–water partition coefficient (Wildman–Crippen LogP) is 1.59. The summed E-state index contributed by atoms with van der Waals surface area (Å²) in [4.78, 5) is 10.7. The molecular weight excluding hydrogens is 316 g/mol. The van der Waals surface area contributed by atoms with Crippen LogP contribution in [-0.2, 0) is 19.0 Å². The van der Waals surface area contributed by atoms with Gasteiger partial charge in [-0.25, -0.2) is 4.79 Å². The third-order valence-corrected chi connectivity index (χ3v) is 4.25. The molecule has 0 bridgehead atoms. The monoisotopic (exact) mass is 344 g/mol. The topological polar surface area (TPSA) is 105 Å². The van der Waals surface area contributed by atoms with Crippen LogP contribution in [0.4, 0.5) is 0 Å². The number of hydrogen-bond donors (Lipinski definition) is 3. The molecule has 1 aliphatic rings. The number of allylic oxidation sites excluding steroid dienone is 3. The Kier molecular flexibility index (Phi) is 8.05. The van der Waals surface area contributed by atoms with E-state index in [4.69, 9.17) is 19.3 Å². The number of ether oxygens (including phenoxy) is 3. The van der Waals surface area contributed by atoms with Crippen molar-refractivity contribution in [3.63, 3.8) is 0 Å². The first-order valence-corrected chi connectivity index (χ1v) is 7.93. The lowest BCUT2D eigenvalue weighted by molar-refractivity contribution is -0.219. The summed E-state index contributed by atoms with van der Waals surface area (Å²) in [6.45, 7) is 3.51. The lowest BCUT2D eigenvalue weighted by Crippen LogP contribution is -2.49. The van der Waals surface area contributed by atoms with Crippen LogP contribution in [0, 0.1) is 0 Å². The SMILES string of the molecule is CO[C@@H]1O[C@H](OC)[C@](O)(CC/C=C(\C)CC/C=C(\C)C(=O)O)[C@@H]1O. The van der Waals surface area contributed by atoms with Crippen molar-refractivity contribution in [2.75, 3.05) is 14.2 Å². The summed E-state index contributed by atoms with van der Waals surface area (Å²) < 4.78 is 15.4. The number of aliphatic hydroxyl groups is 2. The molecule has 0 saturated carbocycles. The van der Waals surface area contributed by atoms with Crippen LogP contribution >= 0.6 is 0 Å². The molecule has 1 aliphatic heterocycles. The van der Waals surface area contributed by atoms with E-state index in [9.17, 15) is 15.0 Å². The van der Waals surface area contributed by atoms with Gasteiger partial charge in [-0.05, 0) is 39.5 Å². The van der Waals surface area contributed by atoms with Gasteiger partial charge in [0.2, 0.25) is 0 Å². The second-order valence-electron chi connectivity index (χ2n) is 6.06. The van der Waals surface area contributed by atoms with Gasteiger partial charge in [0, 0.05) is 19.8 Å². The van der Waals surface area contributed by atoms with Gasteiger partial charge in [0.05, 0.1) is 0 Å². The predicted molar refractivity (Wildman–Crippen MR) is 87.3 cm³/mol. The quantitative estimate of drug-likeness (QED) is 0.431. The summed E-state index contributed by atoms with van der Waals surface area (Å²) in [5.41, 5.74) is -0.123. The molecule has 0 radical (unpaired) electrons. The van der Waals surface area contributed by atoms with E-state index in [1.807, 2.05) is 13.0 Å². The fourth-order valence-electron chi connectivity index (χ4n) is 2.65. The van der Waals surface area contributed by atoms with Crippen molar-refractivity contribution in [1.29, 1.82) is 0 Å². The minimum Gasteiger partial charge on any atom is -0.478 e. The molecule has 0 amide bonds. The third kappa shape index (κ3) is 5.12. The minimum absolute atomic E-state index is 0.258. The van der Waals surface area contributed by atoms with E-state index in [0.29, 0.717) is 18.4 Å². The number of aliphatic carboxylic acids is 1. The van der Waals surface area contributed by atoms with Crippen LogP contribution < -0.4 is 0 Å². The molecule has 7 heteroatoms. The number of rotatable bonds is 9. The first-order chi connectivity index (χ1) is 11.3. The zero-order valence-corrected chi connectivity index (χ0v) is 14.7. The van der Waals surface area contributed by atoms with E-state index >= 15 is 0 Å². The molecule has 1 saturated heterocycles. The highest BCUT2D eigenvalue weighted by Gasteiger charge is 2.55. The fraction of sp³-hybridized carbons (Fsp3) is 0.706. The molecule has 3 N–H and O–H groups in total. The van der Waals surface area contributed by atoms with Crippen molar-refractivity contribution in [1.82, 2.24) is 0 Å². The summed E-state index contributed by atoms with van der Waals surface area (Å²) >= 11 is 0. The third-order valence-electron chi connectivity index (χ3n) is 4.25.